The van der Waals surface area contributed by atoms with Crippen LogP contribution in [0, 0.1) is 11.8 Å². The van der Waals surface area contributed by atoms with Crippen LogP contribution in [0.1, 0.15) is 78.0 Å². The van der Waals surface area contributed by atoms with Crippen LogP contribution < -0.4 is 10.6 Å². The molecule has 18 nitrogen and oxygen atoms in total. The minimum absolute atomic E-state index is 0.225. The molecule has 0 saturated carbocycles. The molecule has 0 spiro atoms. The Labute approximate surface area is 337 Å². The number of carbonyl (C=O) groups is 4. The summed E-state index contributed by atoms with van der Waals surface area (Å²) >= 11 is 0. The topological polar surface area (TPSA) is 232 Å². The third-order valence-electron chi connectivity index (χ3n) is 10.6. The van der Waals surface area contributed by atoms with Crippen LogP contribution >= 0.6 is 0 Å². The largest absolute Gasteiger partial charge is 0.453 e. The number of rotatable bonds is 10. The number of fused-ring (bicyclic) bond motifs is 1. The number of aromatic amines is 4. The molecular weight excluding hydrogens is 757 g/mol. The van der Waals surface area contributed by atoms with Crippen molar-refractivity contribution < 1.29 is 28.7 Å². The summed E-state index contributed by atoms with van der Waals surface area (Å²) in [7, 11) is 2.51. The van der Waals surface area contributed by atoms with E-state index in [0.717, 1.165) is 59.1 Å². The average Bonchev–Trinajstić information content (AvgIpc) is 4.12. The Bertz CT molecular complexity index is 2500. The Morgan fingerprint density at radius 1 is 0.797 bits per heavy atom. The summed E-state index contributed by atoms with van der Waals surface area (Å²) in [5.41, 5.74) is 6.05. The highest BCUT2D eigenvalue weighted by Crippen LogP contribution is 2.35. The number of aromatic nitrogens is 8. The fraction of sp³-hybridized carbons (Fsp3) is 0.317. The molecular formula is C41H42N12O6. The second kappa shape index (κ2) is 17.0. The second-order valence-corrected chi connectivity index (χ2v) is 14.3. The van der Waals surface area contributed by atoms with Gasteiger partial charge < -0.3 is 49.8 Å². The quantitative estimate of drug-likeness (QED) is 0.108. The number of nitrogens with zero attached hydrogens (tertiary/aromatic N) is 6. The van der Waals surface area contributed by atoms with Gasteiger partial charge in [0.2, 0.25) is 5.91 Å². The van der Waals surface area contributed by atoms with Gasteiger partial charge in [-0.1, -0.05) is 24.0 Å². The number of carbonyl (C=O) groups excluding carboxylic acids is 4. The molecule has 2 aliphatic rings. The number of ether oxygens (including phenoxy) is 2. The molecule has 302 valence electrons. The Hall–Kier alpha value is -7.42. The fourth-order valence-corrected chi connectivity index (χ4v) is 7.68. The Kier molecular flexibility index (Phi) is 11.1. The van der Waals surface area contributed by atoms with E-state index in [1.807, 2.05) is 42.5 Å². The van der Waals surface area contributed by atoms with Crippen molar-refractivity contribution in [2.45, 2.75) is 56.3 Å². The molecule has 6 heterocycles. The van der Waals surface area contributed by atoms with Crippen molar-refractivity contribution in [1.29, 1.82) is 0 Å². The minimum Gasteiger partial charge on any atom is -0.453 e. The third-order valence-corrected chi connectivity index (χ3v) is 10.6. The van der Waals surface area contributed by atoms with Crippen molar-refractivity contribution >= 4 is 35.0 Å². The molecule has 2 fully saturated rings. The highest BCUT2D eigenvalue weighted by atomic mass is 16.5. The maximum Gasteiger partial charge on any atom is 0.407 e. The van der Waals surface area contributed by atoms with E-state index in [1.54, 1.807) is 22.2 Å². The number of methoxy groups -OCH3 is 2. The lowest BCUT2D eigenvalue weighted by atomic mass is 10.1. The van der Waals surface area contributed by atoms with Crippen molar-refractivity contribution in [1.82, 2.24) is 60.3 Å². The van der Waals surface area contributed by atoms with E-state index in [1.165, 1.54) is 33.1 Å². The van der Waals surface area contributed by atoms with E-state index in [-0.39, 0.29) is 30.3 Å². The smallest absolute Gasteiger partial charge is 0.407 e. The van der Waals surface area contributed by atoms with Gasteiger partial charge in [0.15, 0.2) is 6.04 Å². The molecule has 0 radical (unpaired) electrons. The summed E-state index contributed by atoms with van der Waals surface area (Å²) in [5, 5.41) is 5.29. The maximum atomic E-state index is 13.8. The number of hydrogen-bond donors (Lipinski definition) is 6. The van der Waals surface area contributed by atoms with Gasteiger partial charge in [0, 0.05) is 42.5 Å². The molecule has 4 atom stereocenters. The minimum atomic E-state index is -0.982. The zero-order valence-corrected chi connectivity index (χ0v) is 32.3. The van der Waals surface area contributed by atoms with E-state index >= 15 is 0 Å². The SMILES string of the molecule is COC(=O)NC(C(=O)N1CCC[C@H]1c1ncc(-c2ccc(C#Cc3ccc4nc([C@@H]5CCCN5C(=O)[C@H](Cc5cnc[nH]5)NC(=O)OC)[nH]c4c3)cc2)[nH]1)c1cnc[nH]1. The number of benzene rings is 2. The highest BCUT2D eigenvalue weighted by Gasteiger charge is 2.38. The lowest BCUT2D eigenvalue weighted by Gasteiger charge is -2.28. The third kappa shape index (κ3) is 8.35. The molecule has 2 aliphatic heterocycles. The van der Waals surface area contributed by atoms with Gasteiger partial charge in [-0.05, 0) is 61.6 Å². The first-order valence-corrected chi connectivity index (χ1v) is 19.2. The summed E-state index contributed by atoms with van der Waals surface area (Å²) in [6.07, 6.45) is 9.73. The molecule has 0 bridgehead atoms. The van der Waals surface area contributed by atoms with Gasteiger partial charge in [-0.25, -0.2) is 29.5 Å². The van der Waals surface area contributed by atoms with Gasteiger partial charge in [0.25, 0.3) is 5.91 Å². The van der Waals surface area contributed by atoms with E-state index in [9.17, 15) is 19.2 Å². The Balaban J connectivity index is 0.931. The Morgan fingerprint density at radius 3 is 2.19 bits per heavy atom. The average molecular weight is 799 g/mol. The van der Waals surface area contributed by atoms with Gasteiger partial charge in [-0.3, -0.25) is 9.59 Å². The summed E-state index contributed by atoms with van der Waals surface area (Å²) < 4.78 is 9.55. The number of hydrogen-bond acceptors (Lipinski definition) is 10. The van der Waals surface area contributed by atoms with Gasteiger partial charge in [-0.15, -0.1) is 0 Å². The van der Waals surface area contributed by atoms with Gasteiger partial charge in [0.1, 0.15) is 17.7 Å². The second-order valence-electron chi connectivity index (χ2n) is 14.3. The zero-order chi connectivity index (χ0) is 40.9. The molecule has 18 heteroatoms. The van der Waals surface area contributed by atoms with Crippen molar-refractivity contribution in [3.8, 4) is 23.1 Å². The number of alkyl carbamates (subject to hydrolysis) is 2. The van der Waals surface area contributed by atoms with Crippen LogP contribution in [0.5, 0.6) is 0 Å². The van der Waals surface area contributed by atoms with E-state index in [2.05, 4.69) is 57.4 Å². The predicted octanol–water partition coefficient (Wildman–Crippen LogP) is 4.19. The molecule has 2 aromatic carbocycles. The van der Waals surface area contributed by atoms with Crippen LogP contribution in [-0.2, 0) is 25.5 Å². The Morgan fingerprint density at radius 2 is 1.47 bits per heavy atom. The molecule has 8 rings (SSSR count). The molecule has 6 aromatic rings. The van der Waals surface area contributed by atoms with Gasteiger partial charge in [0.05, 0.1) is 73.8 Å². The molecule has 4 amide bonds. The van der Waals surface area contributed by atoms with Crippen molar-refractivity contribution in [2.75, 3.05) is 27.3 Å². The van der Waals surface area contributed by atoms with Crippen molar-refractivity contribution in [2.24, 2.45) is 0 Å². The zero-order valence-electron chi connectivity index (χ0n) is 32.3. The van der Waals surface area contributed by atoms with Crippen LogP contribution in [0.2, 0.25) is 0 Å². The van der Waals surface area contributed by atoms with Crippen LogP contribution in [0.25, 0.3) is 22.3 Å². The number of nitrogens with one attached hydrogen (secondary N) is 6. The molecule has 4 aromatic heterocycles. The lowest BCUT2D eigenvalue weighted by molar-refractivity contribution is -0.135. The number of likely N-dealkylation sites (tertiary alicyclic amines) is 2. The van der Waals surface area contributed by atoms with Gasteiger partial charge in [-0.2, -0.15) is 0 Å². The molecule has 59 heavy (non-hydrogen) atoms. The lowest BCUT2D eigenvalue weighted by Crippen LogP contribution is -2.49. The highest BCUT2D eigenvalue weighted by molar-refractivity contribution is 5.88. The number of amides is 4. The van der Waals surface area contributed by atoms with E-state index < -0.39 is 24.3 Å². The molecule has 0 aliphatic carbocycles. The summed E-state index contributed by atoms with van der Waals surface area (Å²) in [5.74, 6) is 7.31. The van der Waals surface area contributed by atoms with E-state index in [0.29, 0.717) is 36.1 Å². The first-order valence-electron chi connectivity index (χ1n) is 19.2. The van der Waals surface area contributed by atoms with Crippen molar-refractivity contribution in [3.63, 3.8) is 0 Å². The first-order chi connectivity index (χ1) is 28.8. The van der Waals surface area contributed by atoms with Crippen LogP contribution in [0.3, 0.4) is 0 Å². The number of H-pyrrole nitrogens is 4. The maximum absolute atomic E-state index is 13.8. The normalized spacial score (nSPS) is 17.3. The monoisotopic (exact) mass is 798 g/mol. The van der Waals surface area contributed by atoms with E-state index in [4.69, 9.17) is 14.5 Å². The van der Waals surface area contributed by atoms with Crippen LogP contribution in [0.4, 0.5) is 9.59 Å². The number of imidazole rings is 4. The summed E-state index contributed by atoms with van der Waals surface area (Å²) in [6, 6.07) is 11.2. The molecule has 1 unspecified atom stereocenters. The van der Waals surface area contributed by atoms with Crippen LogP contribution in [0.15, 0.2) is 73.7 Å². The fourth-order valence-electron chi connectivity index (χ4n) is 7.68. The van der Waals surface area contributed by atoms with Crippen molar-refractivity contribution in [3.05, 3.63) is 108 Å². The van der Waals surface area contributed by atoms with Crippen LogP contribution in [-0.4, -0.2) is 107 Å². The standard InChI is InChI=1S/C41H42N12O6/c1-58-40(56)50-30(18-27-19-42-22-45-27)38(54)52-15-4-6-34(52)37-47-28-14-11-25(17-29(28)48-37)8-7-24-9-12-26(13-10-24)31-21-44-36(49-31)33-5-3-16-53(33)39(55)35(51-41(57)59-2)32-20-43-23-46-32/h9-14,17,19-23,30,33-35H,3-6,15-16,18H2,1-2H3,(H,42,45)(H,43,46)(H,44,49)(H,47,48)(H,50,56)(H,51,57)/t30-,33-,34-,35?/m0/s1. The molecule has 6 N–H and O–H groups in total. The molecule has 2 saturated heterocycles. The first kappa shape index (κ1) is 38.5. The summed E-state index contributed by atoms with van der Waals surface area (Å²) in [6.45, 7) is 1.05. The summed E-state index contributed by atoms with van der Waals surface area (Å²) in [4.78, 5) is 85.5. The predicted molar refractivity (Wildman–Crippen MR) is 212 cm³/mol. The van der Waals surface area contributed by atoms with Gasteiger partial charge >= 0.3 is 12.2 Å².